The minimum Gasteiger partial charge on any atom is -0.507 e. The Morgan fingerprint density at radius 3 is 2.94 bits per heavy atom. The summed E-state index contributed by atoms with van der Waals surface area (Å²) in [4.78, 5) is 0. The molecule has 0 atom stereocenters. The second-order valence-electron chi connectivity index (χ2n) is 3.87. The van der Waals surface area contributed by atoms with E-state index in [0.29, 0.717) is 18.7 Å². The van der Waals surface area contributed by atoms with Gasteiger partial charge >= 0.3 is 0 Å². The molecular weight excluding hydrogens is 200 g/mol. The van der Waals surface area contributed by atoms with Gasteiger partial charge in [0.15, 0.2) is 0 Å². The van der Waals surface area contributed by atoms with E-state index in [-0.39, 0.29) is 0 Å². The smallest absolute Gasteiger partial charge is 0.122 e. The SMILES string of the molecule is Cc1cccc(CNCCCCC#N)c1O. The lowest BCUT2D eigenvalue weighted by Gasteiger charge is -2.08. The van der Waals surface area contributed by atoms with Crippen molar-refractivity contribution in [3.63, 3.8) is 0 Å². The summed E-state index contributed by atoms with van der Waals surface area (Å²) in [7, 11) is 0. The molecule has 86 valence electrons. The van der Waals surface area contributed by atoms with Gasteiger partial charge in [-0.25, -0.2) is 0 Å². The summed E-state index contributed by atoms with van der Waals surface area (Å²) in [5.41, 5.74) is 1.84. The quantitative estimate of drug-likeness (QED) is 0.721. The Labute approximate surface area is 96.7 Å². The average Bonchev–Trinajstić information content (AvgIpc) is 2.29. The third kappa shape index (κ3) is 3.92. The van der Waals surface area contributed by atoms with Crippen LogP contribution in [0, 0.1) is 18.3 Å². The van der Waals surface area contributed by atoms with Crippen LogP contribution in [0.25, 0.3) is 0 Å². The van der Waals surface area contributed by atoms with E-state index in [2.05, 4.69) is 11.4 Å². The summed E-state index contributed by atoms with van der Waals surface area (Å²) in [5.74, 6) is 0.382. The molecule has 0 spiro atoms. The first kappa shape index (κ1) is 12.5. The van der Waals surface area contributed by atoms with E-state index in [0.717, 1.165) is 30.5 Å². The predicted molar refractivity (Wildman–Crippen MR) is 64.0 cm³/mol. The number of nitriles is 1. The molecule has 0 fully saturated rings. The van der Waals surface area contributed by atoms with Crippen LogP contribution in [0.3, 0.4) is 0 Å². The van der Waals surface area contributed by atoms with Gasteiger partial charge in [-0.15, -0.1) is 0 Å². The number of aromatic hydroxyl groups is 1. The number of hydrogen-bond donors (Lipinski definition) is 2. The molecule has 0 amide bonds. The van der Waals surface area contributed by atoms with E-state index in [1.165, 1.54) is 0 Å². The third-order valence-electron chi connectivity index (χ3n) is 2.53. The molecule has 0 bridgehead atoms. The number of phenols is 1. The number of benzene rings is 1. The van der Waals surface area contributed by atoms with Gasteiger partial charge in [0.05, 0.1) is 6.07 Å². The highest BCUT2D eigenvalue weighted by atomic mass is 16.3. The molecule has 2 N–H and O–H groups in total. The number of phenolic OH excluding ortho intramolecular Hbond substituents is 1. The molecule has 0 aliphatic carbocycles. The minimum absolute atomic E-state index is 0.382. The first-order chi connectivity index (χ1) is 7.75. The molecule has 0 heterocycles. The van der Waals surface area contributed by atoms with E-state index in [1.54, 1.807) is 0 Å². The normalized spacial score (nSPS) is 10.0. The number of rotatable bonds is 6. The lowest BCUT2D eigenvalue weighted by molar-refractivity contribution is 0.460. The van der Waals surface area contributed by atoms with Crippen LogP contribution >= 0.6 is 0 Å². The zero-order chi connectivity index (χ0) is 11.8. The second-order valence-corrected chi connectivity index (χ2v) is 3.87. The predicted octanol–water partition coefficient (Wildman–Crippen LogP) is 2.48. The molecule has 0 aliphatic heterocycles. The summed E-state index contributed by atoms with van der Waals surface area (Å²) in [6.45, 7) is 3.46. The average molecular weight is 218 g/mol. The van der Waals surface area contributed by atoms with Crippen LogP contribution in [-0.2, 0) is 6.54 Å². The fourth-order valence-electron chi connectivity index (χ4n) is 1.54. The monoisotopic (exact) mass is 218 g/mol. The van der Waals surface area contributed by atoms with Gasteiger partial charge in [0, 0.05) is 18.5 Å². The highest BCUT2D eigenvalue weighted by Gasteiger charge is 2.02. The third-order valence-corrected chi connectivity index (χ3v) is 2.53. The molecule has 3 heteroatoms. The van der Waals surface area contributed by atoms with Crippen LogP contribution in [0.4, 0.5) is 0 Å². The fraction of sp³-hybridized carbons (Fsp3) is 0.462. The zero-order valence-corrected chi connectivity index (χ0v) is 9.66. The summed E-state index contributed by atoms with van der Waals surface area (Å²) < 4.78 is 0. The van der Waals surface area contributed by atoms with Gasteiger partial charge in [0.2, 0.25) is 0 Å². The van der Waals surface area contributed by atoms with E-state index >= 15 is 0 Å². The van der Waals surface area contributed by atoms with Crippen LogP contribution in [0.2, 0.25) is 0 Å². The minimum atomic E-state index is 0.382. The topological polar surface area (TPSA) is 56.0 Å². The van der Waals surface area contributed by atoms with Crippen LogP contribution in [0.5, 0.6) is 5.75 Å². The Bertz CT molecular complexity index is 369. The van der Waals surface area contributed by atoms with Crippen molar-refractivity contribution in [2.75, 3.05) is 6.54 Å². The number of nitrogens with one attached hydrogen (secondary N) is 1. The molecule has 1 aromatic carbocycles. The summed E-state index contributed by atoms with van der Waals surface area (Å²) >= 11 is 0. The fourth-order valence-corrected chi connectivity index (χ4v) is 1.54. The molecule has 3 nitrogen and oxygen atoms in total. The Kier molecular flexibility index (Phi) is 5.38. The molecule has 1 aromatic rings. The molecule has 0 unspecified atom stereocenters. The standard InChI is InChI=1S/C13H18N2O/c1-11-6-5-7-12(13(11)16)10-15-9-4-2-3-8-14/h5-7,15-16H,2-4,9-10H2,1H3. The van der Waals surface area contributed by atoms with E-state index in [1.807, 2.05) is 25.1 Å². The molecule has 1 rings (SSSR count). The maximum atomic E-state index is 9.76. The lowest BCUT2D eigenvalue weighted by atomic mass is 10.1. The maximum absolute atomic E-state index is 9.76. The van der Waals surface area contributed by atoms with Crippen molar-refractivity contribution in [3.05, 3.63) is 29.3 Å². The highest BCUT2D eigenvalue weighted by Crippen LogP contribution is 2.20. The first-order valence-electron chi connectivity index (χ1n) is 5.61. The number of hydrogen-bond acceptors (Lipinski definition) is 3. The van der Waals surface area contributed by atoms with Crippen LogP contribution < -0.4 is 5.32 Å². The van der Waals surface area contributed by atoms with Gasteiger partial charge in [0.1, 0.15) is 5.75 Å². The Morgan fingerprint density at radius 1 is 1.38 bits per heavy atom. The largest absolute Gasteiger partial charge is 0.507 e. The summed E-state index contributed by atoms with van der Waals surface area (Å²) in [5, 5.41) is 21.4. The van der Waals surface area contributed by atoms with Crippen LogP contribution in [0.15, 0.2) is 18.2 Å². The second kappa shape index (κ2) is 6.86. The molecule has 0 aromatic heterocycles. The Morgan fingerprint density at radius 2 is 2.19 bits per heavy atom. The van der Waals surface area contributed by atoms with E-state index in [9.17, 15) is 5.11 Å². The highest BCUT2D eigenvalue weighted by molar-refractivity contribution is 5.39. The van der Waals surface area contributed by atoms with Gasteiger partial charge in [-0.3, -0.25) is 0 Å². The molecule has 0 radical (unpaired) electrons. The van der Waals surface area contributed by atoms with Crippen molar-refractivity contribution >= 4 is 0 Å². The number of aryl methyl sites for hydroxylation is 1. The Balaban J connectivity index is 2.27. The Hall–Kier alpha value is -1.53. The van der Waals surface area contributed by atoms with Gasteiger partial charge < -0.3 is 10.4 Å². The van der Waals surface area contributed by atoms with Crippen molar-refractivity contribution in [1.29, 1.82) is 5.26 Å². The molecule has 0 saturated heterocycles. The lowest BCUT2D eigenvalue weighted by Crippen LogP contribution is -2.14. The van der Waals surface area contributed by atoms with E-state index in [4.69, 9.17) is 5.26 Å². The molecule has 0 aliphatic rings. The molecule has 0 saturated carbocycles. The summed E-state index contributed by atoms with van der Waals surface area (Å²) in [6.07, 6.45) is 2.56. The van der Waals surface area contributed by atoms with Gasteiger partial charge in [-0.1, -0.05) is 18.2 Å². The van der Waals surface area contributed by atoms with Gasteiger partial charge in [-0.05, 0) is 31.9 Å². The van der Waals surface area contributed by atoms with Crippen molar-refractivity contribution < 1.29 is 5.11 Å². The zero-order valence-electron chi connectivity index (χ0n) is 9.66. The number of nitrogens with zero attached hydrogens (tertiary/aromatic N) is 1. The number of para-hydroxylation sites is 1. The summed E-state index contributed by atoms with van der Waals surface area (Å²) in [6, 6.07) is 7.89. The van der Waals surface area contributed by atoms with Crippen LogP contribution in [-0.4, -0.2) is 11.7 Å². The van der Waals surface area contributed by atoms with Crippen molar-refractivity contribution in [2.45, 2.75) is 32.7 Å². The van der Waals surface area contributed by atoms with Gasteiger partial charge in [-0.2, -0.15) is 5.26 Å². The molecular formula is C13H18N2O. The van der Waals surface area contributed by atoms with Crippen molar-refractivity contribution in [2.24, 2.45) is 0 Å². The van der Waals surface area contributed by atoms with Crippen LogP contribution in [0.1, 0.15) is 30.4 Å². The van der Waals surface area contributed by atoms with Gasteiger partial charge in [0.25, 0.3) is 0 Å². The van der Waals surface area contributed by atoms with Crippen molar-refractivity contribution in [3.8, 4) is 11.8 Å². The van der Waals surface area contributed by atoms with Crippen molar-refractivity contribution in [1.82, 2.24) is 5.32 Å². The first-order valence-corrected chi connectivity index (χ1v) is 5.61. The number of unbranched alkanes of at least 4 members (excludes halogenated alkanes) is 2. The van der Waals surface area contributed by atoms with E-state index < -0.39 is 0 Å². The maximum Gasteiger partial charge on any atom is 0.122 e. The molecule has 16 heavy (non-hydrogen) atoms.